The number of rotatable bonds is 1. The van der Waals surface area contributed by atoms with E-state index in [1.807, 2.05) is 4.98 Å². The Bertz CT molecular complexity index is 827. The first kappa shape index (κ1) is 2.26. The summed E-state index contributed by atoms with van der Waals surface area (Å²) in [4.78, 5) is 5.18. The first-order valence-electron chi connectivity index (χ1n) is 10.6. The second kappa shape index (κ2) is 3.82. The fraction of sp³-hybridized carbons (Fsp3) is 0.600. The quantitative estimate of drug-likeness (QED) is 0.723. The minimum atomic E-state index is -3.90. The summed E-state index contributed by atoms with van der Waals surface area (Å²) in [6, 6.07) is -0.971. The summed E-state index contributed by atoms with van der Waals surface area (Å²) < 4.78 is 110. The summed E-state index contributed by atoms with van der Waals surface area (Å²) in [5.41, 5.74) is -0.817. The van der Waals surface area contributed by atoms with Crippen LogP contribution in [-0.4, -0.2) is 23.0 Å². The first-order chi connectivity index (χ1) is 12.2. The summed E-state index contributed by atoms with van der Waals surface area (Å²) in [6.45, 7) is -11.2. The molecular weight excluding hydrogens is 176 g/mol. The van der Waals surface area contributed by atoms with Crippen molar-refractivity contribution in [1.82, 2.24) is 9.97 Å². The van der Waals surface area contributed by atoms with Crippen molar-refractivity contribution < 1.29 is 19.2 Å². The molecule has 0 amide bonds. The molecule has 2 heterocycles. The maximum atomic E-state index is 8.11. The molecule has 0 spiro atoms. The summed E-state index contributed by atoms with van der Waals surface area (Å²) in [6.07, 6.45) is -8.50. The standard InChI is InChI=1S/C10H16N4/c1-8-3-6-14(7-4-8)9-2-5-12-10(11)13-9/h2,5,8H,3-4,6-7H2,1H3,(H2,11,12,13)/i1D3,2D,3D2,4D2,5D,6D2,7D2,8D. The molecule has 14 heavy (non-hydrogen) atoms. The van der Waals surface area contributed by atoms with Gasteiger partial charge in [0.15, 0.2) is 0 Å². The number of nitrogens with zero attached hydrogens (tertiary/aromatic N) is 2. The first-order valence-corrected chi connectivity index (χ1v) is 3.62. The van der Waals surface area contributed by atoms with Gasteiger partial charge in [0.05, 0.1) is 2.74 Å². The Morgan fingerprint density at radius 1 is 1.86 bits per heavy atom. The third kappa shape index (κ3) is 1.95. The lowest BCUT2D eigenvalue weighted by Gasteiger charge is -2.30. The predicted molar refractivity (Wildman–Crippen MR) is 55.1 cm³/mol. The SMILES string of the molecule is [2H]c1[nH]c(=N)nc(N2C([2H])([2H])C([2H])([2H])C([2H])(C([2H])([2H])[2H])C([2H])([2H])C2([2H])[2H])c1[2H]. The lowest BCUT2D eigenvalue weighted by atomic mass is 9.99. The highest BCUT2D eigenvalue weighted by Gasteiger charge is 2.16. The molecule has 2 N–H and O–H groups in total. The van der Waals surface area contributed by atoms with Gasteiger partial charge in [-0.3, -0.25) is 5.41 Å². The molecule has 0 saturated carbocycles. The largest absolute Gasteiger partial charge is 0.356 e. The number of aromatic amines is 1. The predicted octanol–water partition coefficient (Wildman–Crippen LogP) is 1.13. The normalized spacial score (nSPS) is 50.7. The van der Waals surface area contributed by atoms with Crippen LogP contribution >= 0.6 is 0 Å². The van der Waals surface area contributed by atoms with Crippen molar-refractivity contribution in [2.45, 2.75) is 19.6 Å². The molecule has 0 unspecified atom stereocenters. The van der Waals surface area contributed by atoms with Gasteiger partial charge in [-0.1, -0.05) is 6.85 Å². The van der Waals surface area contributed by atoms with Crippen LogP contribution in [0.3, 0.4) is 0 Å². The highest BCUT2D eigenvalue weighted by molar-refractivity contribution is 5.36. The van der Waals surface area contributed by atoms with E-state index in [1.54, 1.807) is 0 Å². The molecule has 1 aromatic heterocycles. The zero-order chi connectivity index (χ0) is 22.3. The van der Waals surface area contributed by atoms with Crippen LogP contribution in [0, 0.1) is 11.3 Å². The van der Waals surface area contributed by atoms with Gasteiger partial charge >= 0.3 is 0 Å². The van der Waals surface area contributed by atoms with E-state index in [0.717, 1.165) is 0 Å². The van der Waals surface area contributed by atoms with Crippen LogP contribution in [0.25, 0.3) is 0 Å². The molecule has 1 saturated heterocycles. The number of piperidine rings is 1. The van der Waals surface area contributed by atoms with Gasteiger partial charge in [0.2, 0.25) is 5.62 Å². The van der Waals surface area contributed by atoms with Gasteiger partial charge in [0.25, 0.3) is 0 Å². The molecule has 1 fully saturated rings. The molecule has 0 aromatic carbocycles. The van der Waals surface area contributed by atoms with Gasteiger partial charge < -0.3 is 9.88 Å². The minimum Gasteiger partial charge on any atom is -0.356 e. The topological polar surface area (TPSA) is 55.8 Å². The molecule has 1 aromatic rings. The van der Waals surface area contributed by atoms with Crippen molar-refractivity contribution in [3.05, 3.63) is 17.8 Å². The Morgan fingerprint density at radius 3 is 3.36 bits per heavy atom. The van der Waals surface area contributed by atoms with E-state index in [4.69, 9.17) is 24.6 Å². The molecule has 0 atom stereocenters. The molecule has 0 aliphatic carbocycles. The average Bonchev–Trinajstić information content (AvgIpc) is 2.47. The van der Waals surface area contributed by atoms with Crippen molar-refractivity contribution in [2.24, 2.45) is 5.89 Å². The monoisotopic (exact) mass is 206 g/mol. The minimum absolute atomic E-state index is 0.231. The fourth-order valence-corrected chi connectivity index (χ4v) is 0.803. The third-order valence-electron chi connectivity index (χ3n) is 1.37. The van der Waals surface area contributed by atoms with Crippen LogP contribution in [0.2, 0.25) is 0 Å². The zero-order valence-electron chi connectivity index (χ0n) is 20.9. The van der Waals surface area contributed by atoms with Crippen LogP contribution in [0.4, 0.5) is 5.82 Å². The highest BCUT2D eigenvalue weighted by Crippen LogP contribution is 2.19. The fourth-order valence-electron chi connectivity index (χ4n) is 0.803. The maximum Gasteiger partial charge on any atom is 0.221 e. The third-order valence-corrected chi connectivity index (χ3v) is 1.37. The Labute approximate surface area is 103 Å². The van der Waals surface area contributed by atoms with Gasteiger partial charge in [-0.05, 0) is 24.7 Å². The molecule has 1 aliphatic heterocycles. The van der Waals surface area contributed by atoms with Crippen LogP contribution in [-0.2, 0) is 0 Å². The van der Waals surface area contributed by atoms with E-state index >= 15 is 0 Å². The van der Waals surface area contributed by atoms with E-state index in [2.05, 4.69) is 4.98 Å². The molecule has 0 radical (unpaired) electrons. The molecule has 76 valence electrons. The van der Waals surface area contributed by atoms with Gasteiger partial charge in [-0.15, -0.1) is 0 Å². The Morgan fingerprint density at radius 2 is 2.64 bits per heavy atom. The average molecular weight is 206 g/mol. The number of nitrogens with one attached hydrogen (secondary N) is 2. The van der Waals surface area contributed by atoms with E-state index in [1.165, 1.54) is 0 Å². The summed E-state index contributed by atoms with van der Waals surface area (Å²) >= 11 is 0. The van der Waals surface area contributed by atoms with Crippen molar-refractivity contribution in [1.29, 1.82) is 5.41 Å². The van der Waals surface area contributed by atoms with Crippen molar-refractivity contribution in [2.75, 3.05) is 17.9 Å². The van der Waals surface area contributed by atoms with Crippen LogP contribution in [0.5, 0.6) is 0 Å². The Hall–Kier alpha value is -1.32. The Balaban J connectivity index is 3.00. The highest BCUT2D eigenvalue weighted by atomic mass is 15.2. The number of H-pyrrole nitrogens is 1. The Kier molecular flexibility index (Phi) is 0.616. The van der Waals surface area contributed by atoms with Gasteiger partial charge in [0, 0.05) is 35.6 Å². The number of hydrogen-bond donors (Lipinski definition) is 2. The molecule has 4 heteroatoms. The number of hydrogen-bond acceptors (Lipinski definition) is 3. The molecule has 4 nitrogen and oxygen atoms in total. The molecule has 0 bridgehead atoms. The summed E-state index contributed by atoms with van der Waals surface area (Å²) in [7, 11) is 0. The smallest absolute Gasteiger partial charge is 0.221 e. The van der Waals surface area contributed by atoms with Crippen LogP contribution in [0.1, 0.15) is 38.8 Å². The second-order valence-corrected chi connectivity index (χ2v) is 2.34. The van der Waals surface area contributed by atoms with Crippen LogP contribution in [0.15, 0.2) is 12.2 Å². The number of anilines is 1. The summed E-state index contributed by atoms with van der Waals surface area (Å²) in [5, 5.41) is 7.47. The van der Waals surface area contributed by atoms with Gasteiger partial charge in [-0.2, -0.15) is 4.98 Å². The van der Waals surface area contributed by atoms with E-state index in [0.29, 0.717) is 0 Å². The molecule has 2 rings (SSSR count). The van der Waals surface area contributed by atoms with Crippen LogP contribution < -0.4 is 10.5 Å². The zero-order valence-corrected chi connectivity index (χ0v) is 6.89. The molecular formula is C10H16N4. The lowest BCUT2D eigenvalue weighted by molar-refractivity contribution is 0.436. The van der Waals surface area contributed by atoms with Gasteiger partial charge in [0.1, 0.15) is 5.82 Å². The number of aromatic nitrogens is 2. The van der Waals surface area contributed by atoms with E-state index in [-0.39, 0.29) is 4.90 Å². The molecule has 1 aliphatic rings. The lowest BCUT2D eigenvalue weighted by Crippen LogP contribution is -2.34. The van der Waals surface area contributed by atoms with Crippen molar-refractivity contribution in [3.8, 4) is 0 Å². The summed E-state index contributed by atoms with van der Waals surface area (Å²) in [5.74, 6) is -4.98. The van der Waals surface area contributed by atoms with Crippen molar-refractivity contribution in [3.63, 3.8) is 0 Å². The van der Waals surface area contributed by atoms with Crippen molar-refractivity contribution >= 4 is 5.82 Å². The van der Waals surface area contributed by atoms with E-state index < -0.39 is 62.1 Å². The van der Waals surface area contributed by atoms with Gasteiger partial charge in [-0.25, -0.2) is 0 Å². The van der Waals surface area contributed by atoms with E-state index in [9.17, 15) is 0 Å². The maximum absolute atomic E-state index is 8.11. The second-order valence-electron chi connectivity index (χ2n) is 2.34.